The van der Waals surface area contributed by atoms with E-state index in [4.69, 9.17) is 37.9 Å². The molecule has 21 heteroatoms. The Hall–Kier alpha value is -3.05. The van der Waals surface area contributed by atoms with Crippen molar-refractivity contribution in [1.82, 2.24) is 0 Å². The van der Waals surface area contributed by atoms with E-state index in [1.807, 2.05) is 111 Å². The zero-order valence-corrected chi connectivity index (χ0v) is 58.5. The molecule has 8 unspecified atom stereocenters. The van der Waals surface area contributed by atoms with E-state index in [0.29, 0.717) is 51.4 Å². The molecule has 0 spiro atoms. The van der Waals surface area contributed by atoms with Crippen LogP contribution in [0.25, 0.3) is 0 Å². The van der Waals surface area contributed by atoms with Crippen molar-refractivity contribution in [3.63, 3.8) is 0 Å². The molecular weight excluding hydrogens is 1140 g/mol. The normalized spacial score (nSPS) is 16.1. The van der Waals surface area contributed by atoms with Gasteiger partial charge in [0.2, 0.25) is 25.2 Å². The van der Waals surface area contributed by atoms with E-state index in [1.165, 1.54) is 0 Å². The second-order valence-electron chi connectivity index (χ2n) is 21.9. The number of aliphatic carboxylic acids is 4. The number of carbonyl (C=O) groups is 8. The van der Waals surface area contributed by atoms with Gasteiger partial charge in [0.1, 0.15) is 0 Å². The number of rotatable bonds is 44. The Morgan fingerprint density at radius 3 is 0.400 bits per heavy atom. The molecule has 0 N–H and O–H groups in total. The molecule has 0 saturated heterocycles. The fourth-order valence-electron chi connectivity index (χ4n) is 7.93. The van der Waals surface area contributed by atoms with Crippen molar-refractivity contribution in [2.24, 2.45) is 21.7 Å². The summed E-state index contributed by atoms with van der Waals surface area (Å²) in [6, 6.07) is 0. The molecule has 0 rings (SSSR count). The molecule has 496 valence electrons. The fraction of sp³-hybridized carbons (Fsp3) is 0.875. The standard InChI is InChI=1S/4C16H30O5.Ti/c4*1-7-11(5)20-14(21-12(6)8-2)13(17)16(9-3,10-4)15(18)19;/h4*11-12,14H,7-10H2,1-6H3,(H,18,19);/q;;;;+4/p-4. The van der Waals surface area contributed by atoms with E-state index in [0.717, 1.165) is 0 Å². The van der Waals surface area contributed by atoms with Gasteiger partial charge in [0, 0.05) is 0 Å². The Kier molecular flexibility index (Phi) is 50.1. The fourth-order valence-corrected chi connectivity index (χ4v) is 7.93. The van der Waals surface area contributed by atoms with Crippen LogP contribution in [0, 0.1) is 21.7 Å². The van der Waals surface area contributed by atoms with E-state index in [-0.39, 0.29) is 122 Å². The predicted octanol–water partition coefficient (Wildman–Crippen LogP) is 8.27. The van der Waals surface area contributed by atoms with E-state index in [1.54, 1.807) is 55.4 Å². The largest absolute Gasteiger partial charge is 4.00 e. The Morgan fingerprint density at radius 2 is 0.341 bits per heavy atom. The predicted molar refractivity (Wildman–Crippen MR) is 314 cm³/mol. The molecule has 0 aromatic heterocycles. The zero-order valence-electron chi connectivity index (χ0n) is 56.9. The summed E-state index contributed by atoms with van der Waals surface area (Å²) in [5, 5.41) is 46.0. The van der Waals surface area contributed by atoms with E-state index in [2.05, 4.69) is 0 Å². The maximum Gasteiger partial charge on any atom is 4.00 e. The van der Waals surface area contributed by atoms with Crippen molar-refractivity contribution in [3.05, 3.63) is 0 Å². The third-order valence-electron chi connectivity index (χ3n) is 16.6. The number of carbonyl (C=O) groups excluding carboxylic acids is 8. The van der Waals surface area contributed by atoms with Gasteiger partial charge in [0.15, 0.2) is 23.1 Å². The first-order chi connectivity index (χ1) is 39.1. The summed E-state index contributed by atoms with van der Waals surface area (Å²) < 4.78 is 45.0. The summed E-state index contributed by atoms with van der Waals surface area (Å²) in [5.41, 5.74) is -6.20. The van der Waals surface area contributed by atoms with Gasteiger partial charge in [0.25, 0.3) is 0 Å². The number of carboxylic acids is 4. The van der Waals surface area contributed by atoms with Crippen molar-refractivity contribution >= 4 is 47.0 Å². The maximum atomic E-state index is 12.7. The molecular formula is C64H116O20Ti. The van der Waals surface area contributed by atoms with Crippen molar-refractivity contribution in [1.29, 1.82) is 0 Å². The minimum atomic E-state index is -1.55. The molecule has 20 nitrogen and oxygen atoms in total. The third-order valence-corrected chi connectivity index (χ3v) is 16.6. The second kappa shape index (κ2) is 47.0. The monoisotopic (exact) mass is 1250 g/mol. The van der Waals surface area contributed by atoms with Crippen LogP contribution in [0.4, 0.5) is 0 Å². The van der Waals surface area contributed by atoms with Gasteiger partial charge in [-0.25, -0.2) is 0 Å². The Morgan fingerprint density at radius 1 is 0.247 bits per heavy atom. The molecule has 85 heavy (non-hydrogen) atoms. The van der Waals surface area contributed by atoms with Gasteiger partial charge >= 0.3 is 21.7 Å². The van der Waals surface area contributed by atoms with Crippen LogP contribution in [0.1, 0.15) is 269 Å². The van der Waals surface area contributed by atoms with Gasteiger partial charge in [0.05, 0.1) is 94.4 Å². The minimum absolute atomic E-state index is 0. The van der Waals surface area contributed by atoms with Gasteiger partial charge in [-0.1, -0.05) is 111 Å². The zero-order chi connectivity index (χ0) is 66.5. The van der Waals surface area contributed by atoms with Gasteiger partial charge < -0.3 is 77.5 Å². The maximum absolute atomic E-state index is 12.7. The van der Waals surface area contributed by atoms with E-state index >= 15 is 0 Å². The number of hydrogen-bond donors (Lipinski definition) is 0. The van der Waals surface area contributed by atoms with Crippen molar-refractivity contribution in [3.8, 4) is 0 Å². The summed E-state index contributed by atoms with van der Waals surface area (Å²) in [6.07, 6.45) is 0.882. The van der Waals surface area contributed by atoms with Crippen molar-refractivity contribution < 1.29 is 118 Å². The molecule has 0 heterocycles. The van der Waals surface area contributed by atoms with E-state index in [9.17, 15) is 58.8 Å². The Balaban J connectivity index is -0.000000333. The molecule has 0 aromatic carbocycles. The summed E-state index contributed by atoms with van der Waals surface area (Å²) in [6.45, 7) is 43.4. The Bertz CT molecular complexity index is 1570. The van der Waals surface area contributed by atoms with E-state index < -0.39 is 93.8 Å². The minimum Gasteiger partial charge on any atom is -0.549 e. The molecule has 8 atom stereocenters. The van der Waals surface area contributed by atoms with Crippen LogP contribution in [0.5, 0.6) is 0 Å². The van der Waals surface area contributed by atoms with Crippen LogP contribution in [-0.2, 0) is 98.0 Å². The molecule has 0 fully saturated rings. The first kappa shape index (κ1) is 90.7. The van der Waals surface area contributed by atoms with Crippen LogP contribution < -0.4 is 20.4 Å². The van der Waals surface area contributed by atoms with Gasteiger partial charge in [-0.15, -0.1) is 0 Å². The molecule has 0 aliphatic heterocycles. The van der Waals surface area contributed by atoms with Crippen LogP contribution in [0.3, 0.4) is 0 Å². The number of carboxylic acid groups (broad SMARTS) is 4. The smallest absolute Gasteiger partial charge is 0.549 e. The molecule has 0 bridgehead atoms. The van der Waals surface area contributed by atoms with Crippen LogP contribution in [0.2, 0.25) is 0 Å². The van der Waals surface area contributed by atoms with Crippen LogP contribution >= 0.6 is 0 Å². The molecule has 0 saturated carbocycles. The van der Waals surface area contributed by atoms with Crippen LogP contribution in [-0.4, -0.2) is 121 Å². The SMILES string of the molecule is CCC(C)OC(OC(C)CC)C(=O)C(CC)(CC)C(=O)[O-].CCC(C)OC(OC(C)CC)C(=O)C(CC)(CC)C(=O)[O-].CCC(C)OC(OC(C)CC)C(=O)C(CC)(CC)C(=O)[O-].CCC(C)OC(OC(C)CC)C(=O)C(CC)(CC)C(=O)[O-].[Ti+4]. The third kappa shape index (κ3) is 28.5. The Labute approximate surface area is 527 Å². The molecule has 0 radical (unpaired) electrons. The van der Waals surface area contributed by atoms with Crippen molar-refractivity contribution in [2.75, 3.05) is 0 Å². The van der Waals surface area contributed by atoms with Gasteiger partial charge in [-0.3, -0.25) is 19.2 Å². The molecule has 0 aliphatic carbocycles. The summed E-state index contributed by atoms with van der Waals surface area (Å²) >= 11 is 0. The first-order valence-corrected chi connectivity index (χ1v) is 31.4. The average Bonchev–Trinajstić information content (AvgIpc) is 3.47. The average molecular weight is 1250 g/mol. The second-order valence-corrected chi connectivity index (χ2v) is 21.9. The topological polar surface area (TPSA) is 303 Å². The van der Waals surface area contributed by atoms with Crippen LogP contribution in [0.15, 0.2) is 0 Å². The number of hydrogen-bond acceptors (Lipinski definition) is 20. The first-order valence-electron chi connectivity index (χ1n) is 31.4. The van der Waals surface area contributed by atoms with Crippen molar-refractivity contribution in [2.45, 2.75) is 343 Å². The summed E-state index contributed by atoms with van der Waals surface area (Å²) in [5.74, 6) is -7.63. The van der Waals surface area contributed by atoms with Gasteiger partial charge in [-0.05, 0) is 158 Å². The molecule has 0 aliphatic rings. The number of Topliss-reactive ketones (excluding diaryl/α,β-unsaturated/α-hetero) is 4. The van der Waals surface area contributed by atoms with Gasteiger partial charge in [-0.2, -0.15) is 0 Å². The number of ether oxygens (including phenoxy) is 8. The molecule has 0 aromatic rings. The summed E-state index contributed by atoms with van der Waals surface area (Å²) in [7, 11) is 0. The molecule has 0 amide bonds. The summed E-state index contributed by atoms with van der Waals surface area (Å²) in [4.78, 5) is 96.8. The quantitative estimate of drug-likeness (QED) is 0.0315. The number of ketones is 4.